The van der Waals surface area contributed by atoms with Crippen LogP contribution in [0.1, 0.15) is 43.4 Å². The van der Waals surface area contributed by atoms with Gasteiger partial charge in [0, 0.05) is 26.2 Å². The fraction of sp³-hybridized carbons (Fsp3) is 0.786. The van der Waals surface area contributed by atoms with Crippen LogP contribution in [0.3, 0.4) is 0 Å². The first-order valence-electron chi connectivity index (χ1n) is 6.98. The molecule has 0 spiro atoms. The van der Waals surface area contributed by atoms with E-state index in [-0.39, 0.29) is 6.61 Å². The molecule has 1 heterocycles. The second kappa shape index (κ2) is 5.74. The van der Waals surface area contributed by atoms with Crippen molar-refractivity contribution < 1.29 is 5.11 Å². The monoisotopic (exact) mass is 251 g/mol. The zero-order chi connectivity index (χ0) is 13.1. The highest BCUT2D eigenvalue weighted by molar-refractivity contribution is 5.49. The van der Waals surface area contributed by atoms with Gasteiger partial charge in [0.25, 0.3) is 0 Å². The van der Waals surface area contributed by atoms with Crippen molar-refractivity contribution in [3.05, 3.63) is 11.3 Å². The summed E-state index contributed by atoms with van der Waals surface area (Å²) in [5.74, 6) is 1.87. The molecule has 0 aromatic carbocycles. The number of rotatable bonds is 4. The fourth-order valence-corrected chi connectivity index (χ4v) is 3.20. The van der Waals surface area contributed by atoms with Crippen LogP contribution < -0.4 is 4.90 Å². The first-order valence-corrected chi connectivity index (χ1v) is 6.98. The van der Waals surface area contributed by atoms with E-state index in [0.717, 1.165) is 29.5 Å². The predicted octanol–water partition coefficient (Wildman–Crippen LogP) is 2.24. The summed E-state index contributed by atoms with van der Waals surface area (Å²) in [5, 5.41) is 13.9. The molecular formula is C14H25N3O. The number of hydrogen-bond acceptors (Lipinski definition) is 3. The lowest BCUT2D eigenvalue weighted by Crippen LogP contribution is -2.29. The van der Waals surface area contributed by atoms with E-state index in [1.165, 1.54) is 32.1 Å². The predicted molar refractivity (Wildman–Crippen MR) is 73.7 cm³/mol. The molecule has 0 atom stereocenters. The third-order valence-electron chi connectivity index (χ3n) is 4.09. The van der Waals surface area contributed by atoms with Crippen molar-refractivity contribution in [1.29, 1.82) is 0 Å². The normalized spacial score (nSPS) is 17.1. The highest BCUT2D eigenvalue weighted by Gasteiger charge is 2.20. The Morgan fingerprint density at radius 3 is 2.61 bits per heavy atom. The second-order valence-corrected chi connectivity index (χ2v) is 5.55. The van der Waals surface area contributed by atoms with Gasteiger partial charge in [0.1, 0.15) is 5.82 Å². The quantitative estimate of drug-likeness (QED) is 0.892. The van der Waals surface area contributed by atoms with Crippen LogP contribution in [0.25, 0.3) is 0 Å². The first kappa shape index (κ1) is 13.4. The maximum absolute atomic E-state index is 9.49. The Morgan fingerprint density at radius 1 is 1.33 bits per heavy atom. The summed E-state index contributed by atoms with van der Waals surface area (Å²) in [6.07, 6.45) is 6.82. The summed E-state index contributed by atoms with van der Waals surface area (Å²) in [6, 6.07) is 0. The molecular weight excluding hydrogens is 226 g/mol. The maximum atomic E-state index is 9.49. The highest BCUT2D eigenvalue weighted by atomic mass is 16.3. The molecule has 0 bridgehead atoms. The summed E-state index contributed by atoms with van der Waals surface area (Å²) >= 11 is 0. The number of aromatic nitrogens is 2. The fourth-order valence-electron chi connectivity index (χ4n) is 3.20. The van der Waals surface area contributed by atoms with Crippen molar-refractivity contribution in [2.75, 3.05) is 18.5 Å². The van der Waals surface area contributed by atoms with Gasteiger partial charge in [-0.3, -0.25) is 4.68 Å². The number of aryl methyl sites for hydroxylation is 2. The average molecular weight is 251 g/mol. The molecule has 2 rings (SSSR count). The second-order valence-electron chi connectivity index (χ2n) is 5.55. The number of aliphatic hydroxyl groups is 1. The summed E-state index contributed by atoms with van der Waals surface area (Å²) in [5.41, 5.74) is 1.90. The Kier molecular flexibility index (Phi) is 4.27. The van der Waals surface area contributed by atoms with E-state index >= 15 is 0 Å². The van der Waals surface area contributed by atoms with Crippen molar-refractivity contribution in [3.8, 4) is 0 Å². The molecule has 4 nitrogen and oxygen atoms in total. The van der Waals surface area contributed by atoms with Gasteiger partial charge in [-0.05, 0) is 25.7 Å². The summed E-state index contributed by atoms with van der Waals surface area (Å²) in [4.78, 5) is 2.27. The van der Waals surface area contributed by atoms with E-state index in [4.69, 9.17) is 0 Å². The average Bonchev–Trinajstić information content (AvgIpc) is 2.64. The van der Waals surface area contributed by atoms with E-state index in [9.17, 15) is 5.11 Å². The molecule has 0 saturated heterocycles. The summed E-state index contributed by atoms with van der Waals surface area (Å²) < 4.78 is 1.89. The van der Waals surface area contributed by atoms with Gasteiger partial charge in [-0.1, -0.05) is 19.3 Å². The molecule has 1 aromatic rings. The molecule has 1 aromatic heterocycles. The van der Waals surface area contributed by atoms with Crippen LogP contribution in [0.4, 0.5) is 5.82 Å². The number of anilines is 1. The first-order chi connectivity index (χ1) is 8.63. The topological polar surface area (TPSA) is 41.3 Å². The molecule has 1 aliphatic carbocycles. The van der Waals surface area contributed by atoms with Crippen molar-refractivity contribution in [2.45, 2.75) is 45.6 Å². The van der Waals surface area contributed by atoms with Gasteiger partial charge in [-0.25, -0.2) is 0 Å². The summed E-state index contributed by atoms with van der Waals surface area (Å²) in [7, 11) is 4.07. The lowest BCUT2D eigenvalue weighted by Gasteiger charge is -2.28. The lowest BCUT2D eigenvalue weighted by molar-refractivity contribution is 0.281. The van der Waals surface area contributed by atoms with E-state index in [1.807, 2.05) is 18.7 Å². The standard InChI is InChI=1S/C14H25N3O/c1-11-13(10-18)14(17(3)15-11)16(2)9-12-7-5-4-6-8-12/h12,18H,4-10H2,1-3H3. The van der Waals surface area contributed by atoms with Gasteiger partial charge in [-0.2, -0.15) is 5.10 Å². The third-order valence-corrected chi connectivity index (χ3v) is 4.09. The van der Waals surface area contributed by atoms with Crippen LogP contribution in [0, 0.1) is 12.8 Å². The molecule has 0 amide bonds. The van der Waals surface area contributed by atoms with Gasteiger partial charge < -0.3 is 10.0 Å². The molecule has 1 saturated carbocycles. The number of aliphatic hydroxyl groups excluding tert-OH is 1. The van der Waals surface area contributed by atoms with E-state index in [1.54, 1.807) is 0 Å². The van der Waals surface area contributed by atoms with Crippen LogP contribution in [0.5, 0.6) is 0 Å². The molecule has 0 aliphatic heterocycles. The minimum atomic E-state index is 0.0734. The molecule has 4 heteroatoms. The van der Waals surface area contributed by atoms with Gasteiger partial charge in [-0.15, -0.1) is 0 Å². The van der Waals surface area contributed by atoms with E-state index in [2.05, 4.69) is 17.0 Å². The zero-order valence-electron chi connectivity index (χ0n) is 11.8. The van der Waals surface area contributed by atoms with Crippen molar-refractivity contribution in [1.82, 2.24) is 9.78 Å². The van der Waals surface area contributed by atoms with Crippen molar-refractivity contribution in [2.24, 2.45) is 13.0 Å². The van der Waals surface area contributed by atoms with Crippen molar-refractivity contribution in [3.63, 3.8) is 0 Å². The molecule has 18 heavy (non-hydrogen) atoms. The van der Waals surface area contributed by atoms with Crippen LogP contribution in [-0.4, -0.2) is 28.5 Å². The van der Waals surface area contributed by atoms with E-state index in [0.29, 0.717) is 0 Å². The maximum Gasteiger partial charge on any atom is 0.132 e. The zero-order valence-corrected chi connectivity index (χ0v) is 11.8. The molecule has 1 N–H and O–H groups in total. The Labute approximate surface area is 110 Å². The van der Waals surface area contributed by atoms with Gasteiger partial charge >= 0.3 is 0 Å². The van der Waals surface area contributed by atoms with Crippen LogP contribution in [0.2, 0.25) is 0 Å². The molecule has 102 valence electrons. The molecule has 0 unspecified atom stereocenters. The van der Waals surface area contributed by atoms with Gasteiger partial charge in [0.2, 0.25) is 0 Å². The summed E-state index contributed by atoms with van der Waals surface area (Å²) in [6.45, 7) is 3.11. The highest BCUT2D eigenvalue weighted by Crippen LogP contribution is 2.28. The number of nitrogens with zero attached hydrogens (tertiary/aromatic N) is 3. The minimum Gasteiger partial charge on any atom is -0.391 e. The van der Waals surface area contributed by atoms with E-state index < -0.39 is 0 Å². The van der Waals surface area contributed by atoms with Crippen LogP contribution in [0.15, 0.2) is 0 Å². The van der Waals surface area contributed by atoms with Gasteiger partial charge in [0.05, 0.1) is 12.3 Å². The van der Waals surface area contributed by atoms with Crippen molar-refractivity contribution >= 4 is 5.82 Å². The third kappa shape index (κ3) is 2.69. The largest absolute Gasteiger partial charge is 0.391 e. The van der Waals surface area contributed by atoms with Gasteiger partial charge in [0.15, 0.2) is 0 Å². The lowest BCUT2D eigenvalue weighted by atomic mass is 9.89. The Hall–Kier alpha value is -1.03. The number of hydrogen-bond donors (Lipinski definition) is 1. The SMILES string of the molecule is Cc1nn(C)c(N(C)CC2CCCCC2)c1CO. The Morgan fingerprint density at radius 2 is 2.00 bits per heavy atom. The van der Waals surface area contributed by atoms with Crippen LogP contribution >= 0.6 is 0 Å². The van der Waals surface area contributed by atoms with Crippen LogP contribution in [-0.2, 0) is 13.7 Å². The molecule has 1 fully saturated rings. The Balaban J connectivity index is 2.10. The molecule has 0 radical (unpaired) electrons. The smallest absolute Gasteiger partial charge is 0.132 e. The minimum absolute atomic E-state index is 0.0734. The molecule has 1 aliphatic rings. The Bertz CT molecular complexity index is 394.